The summed E-state index contributed by atoms with van der Waals surface area (Å²) in [5, 5.41) is 0. The van der Waals surface area contributed by atoms with Crippen LogP contribution in [0.3, 0.4) is 0 Å². The van der Waals surface area contributed by atoms with Crippen LogP contribution in [0.4, 0.5) is 5.69 Å². The van der Waals surface area contributed by atoms with Gasteiger partial charge in [0, 0.05) is 10.0 Å². The van der Waals surface area contributed by atoms with Crippen molar-refractivity contribution in [1.82, 2.24) is 0 Å². The van der Waals surface area contributed by atoms with Gasteiger partial charge >= 0.3 is 0 Å². The van der Waals surface area contributed by atoms with Crippen LogP contribution >= 0.6 is 39.9 Å². The van der Waals surface area contributed by atoms with Crippen molar-refractivity contribution in [3.63, 3.8) is 0 Å². The summed E-state index contributed by atoms with van der Waals surface area (Å²) in [5.74, 6) is 3.26. The summed E-state index contributed by atoms with van der Waals surface area (Å²) in [6, 6.07) is 11.3. The molecule has 2 aromatic rings. The third-order valence-corrected chi connectivity index (χ3v) is 5.70. The Bertz CT molecular complexity index is 1010. The van der Waals surface area contributed by atoms with E-state index in [2.05, 4.69) is 21.9 Å². The zero-order chi connectivity index (χ0) is 20.3. The van der Waals surface area contributed by atoms with Gasteiger partial charge in [-0.1, -0.05) is 63.5 Å². The summed E-state index contributed by atoms with van der Waals surface area (Å²) in [5.41, 5.74) is 2.53. The Hall–Kier alpha value is -2.27. The Kier molecular flexibility index (Phi) is 6.45. The second-order valence-electron chi connectivity index (χ2n) is 5.87. The standard InChI is InChI=1S/C21H16BrNO3S2/c1-4-9-26-19-14(10-15(22)12-17(19)25-3)11-18-20(24)23(21(27)28-18)16-7-5-13(2)6-8-16/h1,5-8,10-12H,9H2,2-3H3/b18-11-. The molecule has 0 aliphatic carbocycles. The number of thiocarbonyl (C=S) groups is 1. The lowest BCUT2D eigenvalue weighted by molar-refractivity contribution is -0.113. The molecule has 0 radical (unpaired) electrons. The van der Waals surface area contributed by atoms with Crippen molar-refractivity contribution in [2.24, 2.45) is 0 Å². The van der Waals surface area contributed by atoms with E-state index in [0.29, 0.717) is 26.3 Å². The van der Waals surface area contributed by atoms with Crippen LogP contribution < -0.4 is 14.4 Å². The Morgan fingerprint density at radius 1 is 1.32 bits per heavy atom. The smallest absolute Gasteiger partial charge is 0.270 e. The molecule has 1 saturated heterocycles. The molecule has 1 fully saturated rings. The maximum atomic E-state index is 13.0. The van der Waals surface area contributed by atoms with E-state index < -0.39 is 0 Å². The minimum atomic E-state index is -0.180. The highest BCUT2D eigenvalue weighted by Gasteiger charge is 2.33. The number of amides is 1. The zero-order valence-electron chi connectivity index (χ0n) is 15.2. The molecule has 0 unspecified atom stereocenters. The van der Waals surface area contributed by atoms with E-state index in [-0.39, 0.29) is 12.5 Å². The molecule has 0 bridgehead atoms. The summed E-state index contributed by atoms with van der Waals surface area (Å²) in [6.07, 6.45) is 7.07. The van der Waals surface area contributed by atoms with Crippen LogP contribution in [-0.2, 0) is 4.79 Å². The Labute approximate surface area is 182 Å². The highest BCUT2D eigenvalue weighted by molar-refractivity contribution is 9.10. The molecule has 4 nitrogen and oxygen atoms in total. The fraction of sp³-hybridized carbons (Fsp3) is 0.143. The number of hydrogen-bond acceptors (Lipinski definition) is 5. The molecule has 0 aromatic heterocycles. The van der Waals surface area contributed by atoms with Gasteiger partial charge in [0.05, 0.1) is 17.7 Å². The van der Waals surface area contributed by atoms with Crippen molar-refractivity contribution >= 4 is 61.9 Å². The van der Waals surface area contributed by atoms with Gasteiger partial charge in [0.1, 0.15) is 6.61 Å². The van der Waals surface area contributed by atoms with E-state index in [0.717, 1.165) is 15.7 Å². The molecule has 0 spiro atoms. The summed E-state index contributed by atoms with van der Waals surface area (Å²) < 4.78 is 12.3. The van der Waals surface area contributed by atoms with Crippen LogP contribution in [0.25, 0.3) is 6.08 Å². The van der Waals surface area contributed by atoms with Crippen LogP contribution in [0.2, 0.25) is 0 Å². The van der Waals surface area contributed by atoms with Crippen molar-refractivity contribution in [1.29, 1.82) is 0 Å². The highest BCUT2D eigenvalue weighted by atomic mass is 79.9. The first-order chi connectivity index (χ1) is 13.4. The number of rotatable bonds is 5. The first kappa shape index (κ1) is 20.5. The molecule has 3 rings (SSSR count). The number of halogens is 1. The molecule has 1 aliphatic heterocycles. The number of hydrogen-bond donors (Lipinski definition) is 0. The van der Waals surface area contributed by atoms with Gasteiger partial charge in [-0.15, -0.1) is 6.42 Å². The molecule has 2 aromatic carbocycles. The van der Waals surface area contributed by atoms with Gasteiger partial charge in [-0.05, 0) is 37.3 Å². The number of anilines is 1. The predicted octanol–water partition coefficient (Wildman–Crippen LogP) is 5.18. The van der Waals surface area contributed by atoms with Gasteiger partial charge in [0.2, 0.25) is 0 Å². The molecule has 142 valence electrons. The van der Waals surface area contributed by atoms with Crippen LogP contribution in [0.1, 0.15) is 11.1 Å². The van der Waals surface area contributed by atoms with Gasteiger partial charge in [0.15, 0.2) is 15.8 Å². The quantitative estimate of drug-likeness (QED) is 0.339. The van der Waals surface area contributed by atoms with Crippen LogP contribution in [-0.4, -0.2) is 23.9 Å². The molecule has 1 amide bonds. The maximum Gasteiger partial charge on any atom is 0.270 e. The van der Waals surface area contributed by atoms with Crippen molar-refractivity contribution in [2.75, 3.05) is 18.6 Å². The van der Waals surface area contributed by atoms with Crippen LogP contribution in [0.5, 0.6) is 11.5 Å². The second kappa shape index (κ2) is 8.82. The number of ether oxygens (including phenoxy) is 2. The molecular formula is C21H16BrNO3S2. The minimum Gasteiger partial charge on any atom is -0.493 e. The first-order valence-corrected chi connectivity index (χ1v) is 10.2. The molecule has 1 heterocycles. The fourth-order valence-electron chi connectivity index (χ4n) is 2.64. The lowest BCUT2D eigenvalue weighted by atomic mass is 10.1. The van der Waals surface area contributed by atoms with Gasteiger partial charge in [-0.2, -0.15) is 0 Å². The summed E-state index contributed by atoms with van der Waals surface area (Å²) in [7, 11) is 1.55. The number of aryl methyl sites for hydroxylation is 1. The number of carbonyl (C=O) groups excluding carboxylic acids is 1. The van der Waals surface area contributed by atoms with Crippen molar-refractivity contribution in [3.8, 4) is 23.8 Å². The summed E-state index contributed by atoms with van der Waals surface area (Å²) in [6.45, 7) is 2.08. The summed E-state index contributed by atoms with van der Waals surface area (Å²) in [4.78, 5) is 15.0. The van der Waals surface area contributed by atoms with E-state index in [1.54, 1.807) is 19.3 Å². The molecule has 1 aliphatic rings. The third-order valence-electron chi connectivity index (χ3n) is 3.94. The average molecular weight is 474 g/mol. The lowest BCUT2D eigenvalue weighted by Gasteiger charge is -2.15. The van der Waals surface area contributed by atoms with Crippen LogP contribution in [0, 0.1) is 19.3 Å². The van der Waals surface area contributed by atoms with Gasteiger partial charge < -0.3 is 9.47 Å². The zero-order valence-corrected chi connectivity index (χ0v) is 18.4. The predicted molar refractivity (Wildman–Crippen MR) is 122 cm³/mol. The van der Waals surface area contributed by atoms with E-state index >= 15 is 0 Å². The first-order valence-electron chi connectivity index (χ1n) is 8.23. The van der Waals surface area contributed by atoms with Crippen molar-refractivity contribution in [3.05, 3.63) is 56.9 Å². The number of thioether (sulfide) groups is 1. The lowest BCUT2D eigenvalue weighted by Crippen LogP contribution is -2.27. The van der Waals surface area contributed by atoms with Crippen LogP contribution in [0.15, 0.2) is 45.8 Å². The average Bonchev–Trinajstić information content (AvgIpc) is 2.94. The van der Waals surface area contributed by atoms with Crippen molar-refractivity contribution in [2.45, 2.75) is 6.92 Å². The van der Waals surface area contributed by atoms with E-state index in [1.165, 1.54) is 16.7 Å². The molecule has 7 heteroatoms. The number of benzene rings is 2. The Balaban J connectivity index is 2.01. The maximum absolute atomic E-state index is 13.0. The SMILES string of the molecule is C#CCOc1c(/C=C2\SC(=S)N(c3ccc(C)cc3)C2=O)cc(Br)cc1OC. The molecule has 0 N–H and O–H groups in total. The monoisotopic (exact) mass is 473 g/mol. The Morgan fingerprint density at radius 3 is 2.68 bits per heavy atom. The van der Waals surface area contributed by atoms with Crippen molar-refractivity contribution < 1.29 is 14.3 Å². The van der Waals surface area contributed by atoms with Gasteiger partial charge in [0.25, 0.3) is 5.91 Å². The van der Waals surface area contributed by atoms with Gasteiger partial charge in [-0.25, -0.2) is 0 Å². The fourth-order valence-corrected chi connectivity index (χ4v) is 4.39. The largest absolute Gasteiger partial charge is 0.493 e. The Morgan fingerprint density at radius 2 is 2.04 bits per heavy atom. The molecule has 0 saturated carbocycles. The number of carbonyl (C=O) groups is 1. The number of terminal acetylenes is 1. The molecule has 0 atom stereocenters. The highest BCUT2D eigenvalue weighted by Crippen LogP contribution is 2.40. The normalized spacial score (nSPS) is 15.1. The number of methoxy groups -OCH3 is 1. The van der Waals surface area contributed by atoms with E-state index in [9.17, 15) is 4.79 Å². The summed E-state index contributed by atoms with van der Waals surface area (Å²) >= 11 is 10.1. The van der Waals surface area contributed by atoms with E-state index in [4.69, 9.17) is 28.1 Å². The number of nitrogens with zero attached hydrogens (tertiary/aromatic N) is 1. The minimum absolute atomic E-state index is 0.0865. The third kappa shape index (κ3) is 4.25. The molecule has 28 heavy (non-hydrogen) atoms. The van der Waals surface area contributed by atoms with Gasteiger partial charge in [-0.3, -0.25) is 9.69 Å². The topological polar surface area (TPSA) is 38.8 Å². The second-order valence-corrected chi connectivity index (χ2v) is 8.46. The molecular weight excluding hydrogens is 458 g/mol. The van der Waals surface area contributed by atoms with E-state index in [1.807, 2.05) is 37.3 Å².